The minimum absolute atomic E-state index is 0.0470. The molecule has 0 bridgehead atoms. The van der Waals surface area contributed by atoms with Crippen LogP contribution in [0, 0.1) is 6.92 Å². The van der Waals surface area contributed by atoms with Gasteiger partial charge in [0.25, 0.3) is 5.91 Å². The van der Waals surface area contributed by atoms with Crippen LogP contribution in [-0.2, 0) is 4.79 Å². The zero-order chi connectivity index (χ0) is 15.2. The molecule has 0 aliphatic carbocycles. The molecule has 1 aliphatic heterocycles. The van der Waals surface area contributed by atoms with E-state index in [-0.39, 0.29) is 18.6 Å². The van der Waals surface area contributed by atoms with Crippen LogP contribution in [0.5, 0.6) is 5.75 Å². The molecule has 1 aromatic rings. The molecule has 21 heavy (non-hydrogen) atoms. The molecule has 4 nitrogen and oxygen atoms in total. The van der Waals surface area contributed by atoms with E-state index in [0.717, 1.165) is 31.7 Å². The van der Waals surface area contributed by atoms with Crippen LogP contribution < -0.4 is 15.4 Å². The lowest BCUT2D eigenvalue weighted by Crippen LogP contribution is -2.46. The van der Waals surface area contributed by atoms with Gasteiger partial charge in [-0.3, -0.25) is 4.79 Å². The maximum absolute atomic E-state index is 11.9. The fourth-order valence-electron chi connectivity index (χ4n) is 2.78. The number of rotatable bonds is 5. The summed E-state index contributed by atoms with van der Waals surface area (Å²) in [7, 11) is 0. The summed E-state index contributed by atoms with van der Waals surface area (Å²) in [6.07, 6.45) is 2.16. The predicted octanol–water partition coefficient (Wildman–Crippen LogP) is 2.37. The number of carbonyl (C=O) groups excluding carboxylic acids is 1. The third-order valence-electron chi connectivity index (χ3n) is 3.90. The number of benzene rings is 1. The first kappa shape index (κ1) is 15.8. The van der Waals surface area contributed by atoms with Gasteiger partial charge in [-0.15, -0.1) is 0 Å². The Kier molecular flexibility index (Phi) is 5.62. The van der Waals surface area contributed by atoms with Crippen LogP contribution in [0.1, 0.15) is 43.7 Å². The summed E-state index contributed by atoms with van der Waals surface area (Å²) in [6, 6.07) is 6.26. The van der Waals surface area contributed by atoms with Crippen LogP contribution in [0.3, 0.4) is 0 Å². The Morgan fingerprint density at radius 2 is 2.29 bits per heavy atom. The van der Waals surface area contributed by atoms with E-state index < -0.39 is 0 Å². The standard InChI is InChI=1S/C17H26N2O2/c1-12(2)16-7-6-15(9-13(16)3)21-11-17(20)19-14-5-4-8-18-10-14/h6-7,9,12,14,18H,4-5,8,10-11H2,1-3H3,(H,19,20)/t14-/m0/s1. The number of nitrogens with one attached hydrogen (secondary N) is 2. The molecule has 0 unspecified atom stereocenters. The summed E-state index contributed by atoms with van der Waals surface area (Å²) in [5.74, 6) is 1.21. The second-order valence-electron chi connectivity index (χ2n) is 6.07. The molecule has 0 saturated carbocycles. The van der Waals surface area contributed by atoms with E-state index in [1.54, 1.807) is 0 Å². The van der Waals surface area contributed by atoms with E-state index in [1.807, 2.05) is 12.1 Å². The van der Waals surface area contributed by atoms with E-state index in [9.17, 15) is 4.79 Å². The van der Waals surface area contributed by atoms with Crippen molar-refractivity contribution in [1.82, 2.24) is 10.6 Å². The highest BCUT2D eigenvalue weighted by atomic mass is 16.5. The highest BCUT2D eigenvalue weighted by Gasteiger charge is 2.15. The predicted molar refractivity (Wildman–Crippen MR) is 84.8 cm³/mol. The van der Waals surface area contributed by atoms with Crippen molar-refractivity contribution in [3.05, 3.63) is 29.3 Å². The molecule has 0 aromatic heterocycles. The van der Waals surface area contributed by atoms with Gasteiger partial charge in [0.2, 0.25) is 0 Å². The first-order valence-corrected chi connectivity index (χ1v) is 7.79. The van der Waals surface area contributed by atoms with Gasteiger partial charge in [-0.05, 0) is 55.5 Å². The Morgan fingerprint density at radius 1 is 1.48 bits per heavy atom. The number of ether oxygens (including phenoxy) is 1. The monoisotopic (exact) mass is 290 g/mol. The molecule has 4 heteroatoms. The summed E-state index contributed by atoms with van der Waals surface area (Å²) in [4.78, 5) is 11.9. The topological polar surface area (TPSA) is 50.4 Å². The second kappa shape index (κ2) is 7.46. The minimum atomic E-state index is -0.0470. The maximum Gasteiger partial charge on any atom is 0.258 e. The van der Waals surface area contributed by atoms with Gasteiger partial charge in [-0.2, -0.15) is 0 Å². The first-order chi connectivity index (χ1) is 10.1. The van der Waals surface area contributed by atoms with Crippen molar-refractivity contribution < 1.29 is 9.53 Å². The Morgan fingerprint density at radius 3 is 2.90 bits per heavy atom. The molecule has 0 radical (unpaired) electrons. The molecule has 1 aromatic carbocycles. The molecule has 116 valence electrons. The fourth-order valence-corrected chi connectivity index (χ4v) is 2.78. The zero-order valence-corrected chi connectivity index (χ0v) is 13.2. The van der Waals surface area contributed by atoms with Crippen LogP contribution in [0.4, 0.5) is 0 Å². The number of piperidine rings is 1. The number of hydrogen-bond acceptors (Lipinski definition) is 3. The van der Waals surface area contributed by atoms with Gasteiger partial charge < -0.3 is 15.4 Å². The minimum Gasteiger partial charge on any atom is -0.484 e. The summed E-state index contributed by atoms with van der Waals surface area (Å²) < 4.78 is 5.59. The maximum atomic E-state index is 11.9. The van der Waals surface area contributed by atoms with Crippen LogP contribution >= 0.6 is 0 Å². The SMILES string of the molecule is Cc1cc(OCC(=O)N[C@H]2CCCNC2)ccc1C(C)C. The van der Waals surface area contributed by atoms with Crippen molar-refractivity contribution in [2.24, 2.45) is 0 Å². The van der Waals surface area contributed by atoms with Gasteiger partial charge in [0.15, 0.2) is 6.61 Å². The summed E-state index contributed by atoms with van der Waals surface area (Å²) >= 11 is 0. The molecular formula is C17H26N2O2. The largest absolute Gasteiger partial charge is 0.484 e. The molecular weight excluding hydrogens is 264 g/mol. The van der Waals surface area contributed by atoms with Crippen molar-refractivity contribution in [2.75, 3.05) is 19.7 Å². The van der Waals surface area contributed by atoms with E-state index in [1.165, 1.54) is 11.1 Å². The van der Waals surface area contributed by atoms with Gasteiger partial charge in [0.05, 0.1) is 0 Å². The second-order valence-corrected chi connectivity index (χ2v) is 6.07. The van der Waals surface area contributed by atoms with Gasteiger partial charge in [0.1, 0.15) is 5.75 Å². The van der Waals surface area contributed by atoms with Crippen molar-refractivity contribution >= 4 is 5.91 Å². The van der Waals surface area contributed by atoms with Crippen LogP contribution in [0.2, 0.25) is 0 Å². The molecule has 1 heterocycles. The van der Waals surface area contributed by atoms with Gasteiger partial charge in [-0.25, -0.2) is 0 Å². The van der Waals surface area contributed by atoms with Crippen LogP contribution in [-0.4, -0.2) is 31.6 Å². The van der Waals surface area contributed by atoms with Crippen LogP contribution in [0.25, 0.3) is 0 Å². The van der Waals surface area contributed by atoms with E-state index in [4.69, 9.17) is 4.74 Å². The Bertz CT molecular complexity index is 480. The molecule has 1 amide bonds. The lowest BCUT2D eigenvalue weighted by atomic mass is 9.98. The highest BCUT2D eigenvalue weighted by molar-refractivity contribution is 5.77. The Balaban J connectivity index is 1.82. The van der Waals surface area contributed by atoms with Crippen LogP contribution in [0.15, 0.2) is 18.2 Å². The van der Waals surface area contributed by atoms with Crippen molar-refractivity contribution in [2.45, 2.75) is 45.6 Å². The molecule has 1 aliphatic rings. The average Bonchev–Trinajstić information content (AvgIpc) is 2.46. The summed E-state index contributed by atoms with van der Waals surface area (Å²) in [5, 5.41) is 6.29. The van der Waals surface area contributed by atoms with Gasteiger partial charge >= 0.3 is 0 Å². The van der Waals surface area contributed by atoms with E-state index in [2.05, 4.69) is 37.5 Å². The lowest BCUT2D eigenvalue weighted by molar-refractivity contribution is -0.123. The molecule has 1 atom stereocenters. The third kappa shape index (κ3) is 4.74. The normalized spacial score (nSPS) is 18.6. The van der Waals surface area contributed by atoms with Gasteiger partial charge in [-0.1, -0.05) is 19.9 Å². The summed E-state index contributed by atoms with van der Waals surface area (Å²) in [6.45, 7) is 8.41. The van der Waals surface area contributed by atoms with Crippen molar-refractivity contribution in [3.63, 3.8) is 0 Å². The van der Waals surface area contributed by atoms with E-state index >= 15 is 0 Å². The van der Waals surface area contributed by atoms with Crippen molar-refractivity contribution in [1.29, 1.82) is 0 Å². The first-order valence-electron chi connectivity index (χ1n) is 7.79. The number of hydrogen-bond donors (Lipinski definition) is 2. The summed E-state index contributed by atoms with van der Waals surface area (Å²) in [5.41, 5.74) is 2.53. The van der Waals surface area contributed by atoms with Gasteiger partial charge in [0, 0.05) is 12.6 Å². The van der Waals surface area contributed by atoms with E-state index in [0.29, 0.717) is 5.92 Å². The highest BCUT2D eigenvalue weighted by Crippen LogP contribution is 2.23. The Hall–Kier alpha value is -1.55. The smallest absolute Gasteiger partial charge is 0.258 e. The van der Waals surface area contributed by atoms with Crippen molar-refractivity contribution in [3.8, 4) is 5.75 Å². The molecule has 1 fully saturated rings. The zero-order valence-electron chi connectivity index (χ0n) is 13.2. The lowest BCUT2D eigenvalue weighted by Gasteiger charge is -2.23. The number of carbonyl (C=O) groups is 1. The Labute approximate surface area is 127 Å². The average molecular weight is 290 g/mol. The quantitative estimate of drug-likeness (QED) is 0.875. The number of amides is 1. The number of aryl methyl sites for hydroxylation is 1. The third-order valence-corrected chi connectivity index (χ3v) is 3.90. The molecule has 1 saturated heterocycles. The fraction of sp³-hybridized carbons (Fsp3) is 0.588. The molecule has 2 rings (SSSR count). The molecule has 0 spiro atoms. The molecule has 2 N–H and O–H groups in total.